The van der Waals surface area contributed by atoms with Crippen molar-refractivity contribution in [3.05, 3.63) is 119 Å². The average Bonchev–Trinajstić information content (AvgIpc) is 2.93. The fourth-order valence-corrected chi connectivity index (χ4v) is 3.00. The number of azo groups is 1. The van der Waals surface area contributed by atoms with Gasteiger partial charge in [0.15, 0.2) is 0 Å². The molecular formula is C28H18N2O6. The number of rotatable bonds is 8. The highest BCUT2D eigenvalue weighted by molar-refractivity contribution is 5.92. The van der Waals surface area contributed by atoms with Crippen LogP contribution in [0.25, 0.3) is 0 Å². The molecule has 4 aromatic carbocycles. The second kappa shape index (κ2) is 11.3. The van der Waals surface area contributed by atoms with E-state index in [1.165, 1.54) is 0 Å². The lowest BCUT2D eigenvalue weighted by Gasteiger charge is -2.05. The Morgan fingerprint density at radius 1 is 0.500 bits per heavy atom. The number of nitrogens with zero attached hydrogens (tertiary/aromatic N) is 2. The number of carbonyl (C=O) groups is 4. The predicted molar refractivity (Wildman–Crippen MR) is 131 cm³/mol. The topological polar surface area (TPSA) is 111 Å². The smallest absolute Gasteiger partial charge is 0.343 e. The normalized spacial score (nSPS) is 10.6. The zero-order valence-corrected chi connectivity index (χ0v) is 18.7. The minimum absolute atomic E-state index is 0.331. The first-order valence-electron chi connectivity index (χ1n) is 10.7. The summed E-state index contributed by atoms with van der Waals surface area (Å²) in [5, 5.41) is 8.27. The fraction of sp³-hybridized carbons (Fsp3) is 0. The van der Waals surface area contributed by atoms with Gasteiger partial charge in [-0.15, -0.1) is 0 Å². The van der Waals surface area contributed by atoms with Crippen LogP contribution in [0.1, 0.15) is 41.4 Å². The number of carbonyl (C=O) groups excluding carboxylic acids is 4. The van der Waals surface area contributed by atoms with Gasteiger partial charge in [0.1, 0.15) is 24.1 Å². The van der Waals surface area contributed by atoms with Crippen LogP contribution in [0, 0.1) is 0 Å². The average molecular weight is 478 g/mol. The Morgan fingerprint density at radius 2 is 0.833 bits per heavy atom. The van der Waals surface area contributed by atoms with Gasteiger partial charge in [-0.2, -0.15) is 10.2 Å². The third kappa shape index (κ3) is 6.21. The summed E-state index contributed by atoms with van der Waals surface area (Å²) < 4.78 is 10.6. The van der Waals surface area contributed by atoms with Gasteiger partial charge >= 0.3 is 11.9 Å². The molecule has 0 unspecified atom stereocenters. The van der Waals surface area contributed by atoms with Crippen molar-refractivity contribution in [1.82, 2.24) is 0 Å². The van der Waals surface area contributed by atoms with Gasteiger partial charge in [-0.3, -0.25) is 9.59 Å². The van der Waals surface area contributed by atoms with E-state index in [-0.39, 0.29) is 0 Å². The van der Waals surface area contributed by atoms with Gasteiger partial charge < -0.3 is 9.47 Å². The lowest BCUT2D eigenvalue weighted by Crippen LogP contribution is -2.08. The first kappa shape index (κ1) is 23.9. The monoisotopic (exact) mass is 478 g/mol. The van der Waals surface area contributed by atoms with E-state index in [2.05, 4.69) is 10.2 Å². The summed E-state index contributed by atoms with van der Waals surface area (Å²) in [6, 6.07) is 25.2. The highest BCUT2D eigenvalue weighted by Gasteiger charge is 2.10. The number of aldehydes is 2. The number of ether oxygens (including phenoxy) is 2. The maximum absolute atomic E-state index is 12.3. The standard InChI is InChI=1S/C28H18N2O6/c31-17-19-1-13-25(14-2-19)35-27(33)21-5-9-23(10-6-21)29-30-24-11-7-22(8-12-24)28(34)36-26-15-3-20(18-32)4-16-26/h1-18H. The van der Waals surface area contributed by atoms with Crippen molar-refractivity contribution < 1.29 is 28.7 Å². The molecule has 8 heteroatoms. The molecule has 0 spiro atoms. The minimum Gasteiger partial charge on any atom is -0.423 e. The second-order valence-corrected chi connectivity index (χ2v) is 7.45. The van der Waals surface area contributed by atoms with E-state index in [0.29, 0.717) is 57.7 Å². The SMILES string of the molecule is O=Cc1ccc(OC(=O)c2ccc(N=Nc3ccc(C(=O)Oc4ccc(C=O)cc4)cc3)cc2)cc1. The molecule has 4 rings (SSSR count). The van der Waals surface area contributed by atoms with Gasteiger partial charge in [-0.25, -0.2) is 9.59 Å². The maximum Gasteiger partial charge on any atom is 0.343 e. The number of hydrogen-bond donors (Lipinski definition) is 0. The molecule has 0 atom stereocenters. The third-order valence-electron chi connectivity index (χ3n) is 4.94. The van der Waals surface area contributed by atoms with Crippen molar-refractivity contribution in [3.8, 4) is 11.5 Å². The van der Waals surface area contributed by atoms with Gasteiger partial charge in [0, 0.05) is 11.1 Å². The van der Waals surface area contributed by atoms with Crippen molar-refractivity contribution in [2.45, 2.75) is 0 Å². The van der Waals surface area contributed by atoms with Crippen molar-refractivity contribution in [1.29, 1.82) is 0 Å². The third-order valence-corrected chi connectivity index (χ3v) is 4.94. The van der Waals surface area contributed by atoms with Crippen molar-refractivity contribution in [2.75, 3.05) is 0 Å². The zero-order valence-electron chi connectivity index (χ0n) is 18.7. The molecule has 0 fully saturated rings. The molecule has 0 saturated carbocycles. The number of esters is 2. The molecule has 0 radical (unpaired) electrons. The van der Waals surface area contributed by atoms with E-state index in [4.69, 9.17) is 9.47 Å². The van der Waals surface area contributed by atoms with Crippen molar-refractivity contribution in [3.63, 3.8) is 0 Å². The van der Waals surface area contributed by atoms with Crippen LogP contribution >= 0.6 is 0 Å². The van der Waals surface area contributed by atoms with Crippen LogP contribution in [-0.2, 0) is 0 Å². The molecule has 4 aromatic rings. The lowest BCUT2D eigenvalue weighted by atomic mass is 10.2. The maximum atomic E-state index is 12.3. The molecule has 36 heavy (non-hydrogen) atoms. The summed E-state index contributed by atoms with van der Waals surface area (Å²) in [6.07, 6.45) is 1.42. The summed E-state index contributed by atoms with van der Waals surface area (Å²) in [4.78, 5) is 46.0. The molecule has 0 aliphatic carbocycles. The Kier molecular flexibility index (Phi) is 7.47. The molecule has 0 amide bonds. The molecule has 0 aliphatic heterocycles. The molecule has 0 N–H and O–H groups in total. The Balaban J connectivity index is 1.33. The van der Waals surface area contributed by atoms with Crippen LogP contribution in [0.5, 0.6) is 11.5 Å². The number of hydrogen-bond acceptors (Lipinski definition) is 8. The van der Waals surface area contributed by atoms with E-state index >= 15 is 0 Å². The first-order valence-corrected chi connectivity index (χ1v) is 10.7. The Bertz CT molecular complexity index is 1300. The van der Waals surface area contributed by atoms with E-state index in [1.807, 2.05) is 0 Å². The van der Waals surface area contributed by atoms with E-state index in [0.717, 1.165) is 0 Å². The quantitative estimate of drug-likeness (QED) is 0.130. The van der Waals surface area contributed by atoms with Crippen LogP contribution in [0.4, 0.5) is 11.4 Å². The van der Waals surface area contributed by atoms with Crippen LogP contribution in [0.2, 0.25) is 0 Å². The molecule has 0 saturated heterocycles. The molecule has 0 heterocycles. The van der Waals surface area contributed by atoms with Gasteiger partial charge in [-0.05, 0) is 97.1 Å². The van der Waals surface area contributed by atoms with Crippen LogP contribution in [-0.4, -0.2) is 24.5 Å². The molecule has 0 bridgehead atoms. The van der Waals surface area contributed by atoms with Gasteiger partial charge in [-0.1, -0.05) is 0 Å². The highest BCUT2D eigenvalue weighted by atomic mass is 16.5. The second-order valence-electron chi connectivity index (χ2n) is 7.45. The summed E-state index contributed by atoms with van der Waals surface area (Å²) in [6.45, 7) is 0. The van der Waals surface area contributed by atoms with Crippen molar-refractivity contribution in [2.24, 2.45) is 10.2 Å². The van der Waals surface area contributed by atoms with E-state index < -0.39 is 11.9 Å². The molecular weight excluding hydrogens is 460 g/mol. The minimum atomic E-state index is -0.542. The molecule has 0 aromatic heterocycles. The molecule has 176 valence electrons. The Hall–Kier alpha value is -5.24. The summed E-state index contributed by atoms with van der Waals surface area (Å²) in [7, 11) is 0. The Morgan fingerprint density at radius 3 is 1.14 bits per heavy atom. The summed E-state index contributed by atoms with van der Waals surface area (Å²) in [5.74, 6) is -0.422. The number of benzene rings is 4. The van der Waals surface area contributed by atoms with E-state index in [9.17, 15) is 19.2 Å². The van der Waals surface area contributed by atoms with Crippen LogP contribution in [0.3, 0.4) is 0 Å². The van der Waals surface area contributed by atoms with Crippen LogP contribution < -0.4 is 9.47 Å². The van der Waals surface area contributed by atoms with Gasteiger partial charge in [0.05, 0.1) is 22.5 Å². The summed E-state index contributed by atoms with van der Waals surface area (Å²) >= 11 is 0. The molecule has 8 nitrogen and oxygen atoms in total. The van der Waals surface area contributed by atoms with Gasteiger partial charge in [0.25, 0.3) is 0 Å². The fourth-order valence-electron chi connectivity index (χ4n) is 3.00. The summed E-state index contributed by atoms with van der Waals surface area (Å²) in [5.41, 5.74) is 2.67. The van der Waals surface area contributed by atoms with Crippen LogP contribution in [0.15, 0.2) is 107 Å². The predicted octanol–water partition coefficient (Wildman–Crippen LogP) is 6.17. The largest absolute Gasteiger partial charge is 0.423 e. The van der Waals surface area contributed by atoms with Gasteiger partial charge in [0.2, 0.25) is 0 Å². The molecule has 0 aliphatic rings. The van der Waals surface area contributed by atoms with E-state index in [1.54, 1.807) is 97.1 Å². The Labute approximate surface area is 205 Å². The highest BCUT2D eigenvalue weighted by Crippen LogP contribution is 2.21. The lowest BCUT2D eigenvalue weighted by molar-refractivity contribution is 0.0725. The first-order chi connectivity index (χ1) is 17.5. The van der Waals surface area contributed by atoms with Crippen molar-refractivity contribution >= 4 is 35.9 Å². The zero-order chi connectivity index (χ0) is 25.3.